The minimum Gasteiger partial charge on any atom is -0.454 e. The molecule has 0 unspecified atom stereocenters. The van der Waals surface area contributed by atoms with Gasteiger partial charge in [0.15, 0.2) is 23.0 Å². The van der Waals surface area contributed by atoms with Crippen LogP contribution in [0.1, 0.15) is 11.1 Å². The lowest BCUT2D eigenvalue weighted by Gasteiger charge is -2.04. The van der Waals surface area contributed by atoms with E-state index in [9.17, 15) is 0 Å². The molecule has 0 bridgehead atoms. The lowest BCUT2D eigenvalue weighted by molar-refractivity contribution is 0.173. The van der Waals surface area contributed by atoms with E-state index in [1.807, 2.05) is 61.0 Å². The molecular formula is C28H18Br2N2O4. The van der Waals surface area contributed by atoms with Crippen molar-refractivity contribution in [3.63, 3.8) is 0 Å². The molecule has 0 aromatic heterocycles. The van der Waals surface area contributed by atoms with E-state index >= 15 is 0 Å². The molecule has 0 amide bonds. The molecule has 2 heterocycles. The van der Waals surface area contributed by atoms with Crippen LogP contribution in [0, 0.1) is 0 Å². The van der Waals surface area contributed by atoms with Crippen LogP contribution in [0.4, 0.5) is 11.4 Å². The van der Waals surface area contributed by atoms with Gasteiger partial charge in [-0.05, 0) is 91.5 Å². The SMILES string of the molecule is Brc1cc2c(cc1C=Nc1ccc(-c3ccc(N=Cc4cc5c(cc4Br)OCO5)cc3)cc1)OCO2. The molecule has 0 N–H and O–H groups in total. The van der Waals surface area contributed by atoms with Crippen LogP contribution in [0.15, 0.2) is 91.7 Å². The summed E-state index contributed by atoms with van der Waals surface area (Å²) in [7, 11) is 0. The first-order valence-corrected chi connectivity index (χ1v) is 12.7. The summed E-state index contributed by atoms with van der Waals surface area (Å²) in [5.74, 6) is 2.93. The maximum absolute atomic E-state index is 5.45. The summed E-state index contributed by atoms with van der Waals surface area (Å²) in [5.41, 5.74) is 5.77. The molecule has 0 saturated carbocycles. The Labute approximate surface area is 224 Å². The summed E-state index contributed by atoms with van der Waals surface area (Å²) < 4.78 is 23.5. The van der Waals surface area contributed by atoms with Crippen LogP contribution in [0.3, 0.4) is 0 Å². The van der Waals surface area contributed by atoms with Gasteiger partial charge in [0.05, 0.1) is 11.4 Å². The van der Waals surface area contributed by atoms with Gasteiger partial charge in [0, 0.05) is 32.5 Å². The second kappa shape index (κ2) is 9.79. The predicted octanol–water partition coefficient (Wildman–Crippen LogP) is 7.84. The molecule has 0 fully saturated rings. The van der Waals surface area contributed by atoms with Gasteiger partial charge in [-0.15, -0.1) is 0 Å². The fourth-order valence-corrected chi connectivity index (χ4v) is 4.68. The van der Waals surface area contributed by atoms with E-state index in [0.717, 1.165) is 65.6 Å². The Hall–Kier alpha value is -3.62. The molecule has 178 valence electrons. The van der Waals surface area contributed by atoms with Gasteiger partial charge < -0.3 is 18.9 Å². The summed E-state index contributed by atoms with van der Waals surface area (Å²) in [6, 6.07) is 23.8. The maximum Gasteiger partial charge on any atom is 0.231 e. The molecule has 8 heteroatoms. The number of benzene rings is 4. The van der Waals surface area contributed by atoms with Gasteiger partial charge in [0.2, 0.25) is 13.6 Å². The zero-order valence-electron chi connectivity index (χ0n) is 18.8. The third-order valence-electron chi connectivity index (χ3n) is 5.76. The first-order chi connectivity index (χ1) is 17.6. The van der Waals surface area contributed by atoms with Gasteiger partial charge >= 0.3 is 0 Å². The predicted molar refractivity (Wildman–Crippen MR) is 147 cm³/mol. The molecule has 6 nitrogen and oxygen atoms in total. The number of hydrogen-bond acceptors (Lipinski definition) is 6. The highest BCUT2D eigenvalue weighted by atomic mass is 79.9. The number of ether oxygens (including phenoxy) is 4. The molecule has 0 spiro atoms. The van der Waals surface area contributed by atoms with Gasteiger partial charge in [-0.3, -0.25) is 9.98 Å². The Morgan fingerprint density at radius 3 is 1.28 bits per heavy atom. The molecule has 4 aromatic rings. The second-order valence-corrected chi connectivity index (χ2v) is 9.77. The van der Waals surface area contributed by atoms with Crippen molar-refractivity contribution in [2.24, 2.45) is 9.98 Å². The van der Waals surface area contributed by atoms with E-state index < -0.39 is 0 Å². The smallest absolute Gasteiger partial charge is 0.231 e. The van der Waals surface area contributed by atoms with E-state index in [4.69, 9.17) is 18.9 Å². The third-order valence-corrected chi connectivity index (χ3v) is 7.13. The van der Waals surface area contributed by atoms with Gasteiger partial charge in [-0.25, -0.2) is 0 Å². The van der Waals surface area contributed by atoms with Crippen LogP contribution in [-0.4, -0.2) is 26.0 Å². The van der Waals surface area contributed by atoms with E-state index in [-0.39, 0.29) is 13.6 Å². The lowest BCUT2D eigenvalue weighted by Crippen LogP contribution is -1.92. The molecule has 0 aliphatic carbocycles. The standard InChI is InChI=1S/C28H18Br2N2O4/c29-23-11-27-25(33-15-35-27)9-19(23)13-31-21-5-1-17(2-6-21)18-3-7-22(8-4-18)32-14-20-10-26-28(12-24(20)30)36-16-34-26/h1-14H,15-16H2. The normalized spacial score (nSPS) is 13.7. The Kier molecular flexibility index (Phi) is 6.21. The summed E-state index contributed by atoms with van der Waals surface area (Å²) in [6.07, 6.45) is 3.62. The van der Waals surface area contributed by atoms with Crippen molar-refractivity contribution in [3.05, 3.63) is 92.9 Å². The van der Waals surface area contributed by atoms with E-state index in [1.54, 1.807) is 0 Å². The van der Waals surface area contributed by atoms with Crippen molar-refractivity contribution in [2.45, 2.75) is 0 Å². The van der Waals surface area contributed by atoms with E-state index in [1.165, 1.54) is 0 Å². The minimum absolute atomic E-state index is 0.245. The molecule has 36 heavy (non-hydrogen) atoms. The molecular weight excluding hydrogens is 588 g/mol. The van der Waals surface area contributed by atoms with Crippen molar-refractivity contribution in [1.29, 1.82) is 0 Å². The zero-order valence-corrected chi connectivity index (χ0v) is 22.0. The van der Waals surface area contributed by atoms with Crippen molar-refractivity contribution in [3.8, 4) is 34.1 Å². The number of fused-ring (bicyclic) bond motifs is 2. The minimum atomic E-state index is 0.245. The van der Waals surface area contributed by atoms with Crippen molar-refractivity contribution >= 4 is 55.7 Å². The number of hydrogen-bond donors (Lipinski definition) is 0. The summed E-state index contributed by atoms with van der Waals surface area (Å²) >= 11 is 7.12. The van der Waals surface area contributed by atoms with Crippen LogP contribution < -0.4 is 18.9 Å². The fraction of sp³-hybridized carbons (Fsp3) is 0.0714. The summed E-state index contributed by atoms with van der Waals surface area (Å²) in [4.78, 5) is 9.20. The molecule has 2 aliphatic heterocycles. The molecule has 2 aliphatic rings. The van der Waals surface area contributed by atoms with Crippen LogP contribution in [0.25, 0.3) is 11.1 Å². The van der Waals surface area contributed by atoms with E-state index in [0.29, 0.717) is 0 Å². The van der Waals surface area contributed by atoms with Crippen molar-refractivity contribution in [1.82, 2.24) is 0 Å². The zero-order chi connectivity index (χ0) is 24.5. The Balaban J connectivity index is 1.14. The number of nitrogens with zero attached hydrogens (tertiary/aromatic N) is 2. The average Bonchev–Trinajstić information content (AvgIpc) is 3.55. The highest BCUT2D eigenvalue weighted by Crippen LogP contribution is 2.37. The maximum atomic E-state index is 5.45. The molecule has 0 atom stereocenters. The lowest BCUT2D eigenvalue weighted by atomic mass is 10.1. The molecule has 4 aromatic carbocycles. The number of halogens is 2. The van der Waals surface area contributed by atoms with Crippen LogP contribution in [0.2, 0.25) is 0 Å². The van der Waals surface area contributed by atoms with Crippen LogP contribution in [0.5, 0.6) is 23.0 Å². The highest BCUT2D eigenvalue weighted by Gasteiger charge is 2.16. The topological polar surface area (TPSA) is 61.6 Å². The summed E-state index contributed by atoms with van der Waals surface area (Å²) in [5, 5.41) is 0. The Morgan fingerprint density at radius 2 is 0.889 bits per heavy atom. The Morgan fingerprint density at radius 1 is 0.528 bits per heavy atom. The quantitative estimate of drug-likeness (QED) is 0.217. The van der Waals surface area contributed by atoms with Gasteiger partial charge in [-0.1, -0.05) is 24.3 Å². The Bertz CT molecular complexity index is 1380. The number of aliphatic imine (C=N–C) groups is 2. The van der Waals surface area contributed by atoms with Crippen LogP contribution in [-0.2, 0) is 0 Å². The van der Waals surface area contributed by atoms with E-state index in [2.05, 4.69) is 66.1 Å². The third kappa shape index (κ3) is 4.74. The number of rotatable bonds is 5. The monoisotopic (exact) mass is 604 g/mol. The first-order valence-electron chi connectivity index (χ1n) is 11.1. The second-order valence-electron chi connectivity index (χ2n) is 8.06. The van der Waals surface area contributed by atoms with Gasteiger partial charge in [0.1, 0.15) is 0 Å². The van der Waals surface area contributed by atoms with Gasteiger partial charge in [-0.2, -0.15) is 0 Å². The van der Waals surface area contributed by atoms with Gasteiger partial charge in [0.25, 0.3) is 0 Å². The van der Waals surface area contributed by atoms with Crippen molar-refractivity contribution < 1.29 is 18.9 Å². The summed E-state index contributed by atoms with van der Waals surface area (Å²) in [6.45, 7) is 0.490. The average molecular weight is 606 g/mol. The largest absolute Gasteiger partial charge is 0.454 e. The fourth-order valence-electron chi connectivity index (χ4n) is 3.83. The molecule has 6 rings (SSSR count). The van der Waals surface area contributed by atoms with Crippen molar-refractivity contribution in [2.75, 3.05) is 13.6 Å². The highest BCUT2D eigenvalue weighted by molar-refractivity contribution is 9.10. The molecule has 0 saturated heterocycles. The first kappa shape index (κ1) is 22.8. The van der Waals surface area contributed by atoms with Crippen LogP contribution >= 0.6 is 31.9 Å². The molecule has 0 radical (unpaired) electrons.